The molecule has 0 saturated carbocycles. The lowest BCUT2D eigenvalue weighted by atomic mass is 10.00. The molecule has 1 aromatic heterocycles. The van der Waals surface area contributed by atoms with Gasteiger partial charge in [-0.05, 0) is 54.4 Å². The van der Waals surface area contributed by atoms with Crippen molar-refractivity contribution in [1.29, 1.82) is 0 Å². The molecule has 4 rings (SSSR count). The molecule has 134 valence electrons. The molecule has 2 nitrogen and oxygen atoms in total. The van der Waals surface area contributed by atoms with Crippen LogP contribution in [-0.2, 0) is 13.1 Å². The summed E-state index contributed by atoms with van der Waals surface area (Å²) in [7, 11) is 0. The second-order valence-corrected chi connectivity index (χ2v) is 6.65. The van der Waals surface area contributed by atoms with Crippen LogP contribution in [0.25, 0.3) is 0 Å². The fraction of sp³-hybridized carbons (Fsp3) is 0.238. The summed E-state index contributed by atoms with van der Waals surface area (Å²) in [5.41, 5.74) is 2.20. The van der Waals surface area contributed by atoms with Gasteiger partial charge in [-0.1, -0.05) is 12.1 Å². The van der Waals surface area contributed by atoms with Gasteiger partial charge in [-0.15, -0.1) is 0 Å². The highest BCUT2D eigenvalue weighted by Gasteiger charge is 2.29. The normalized spacial score (nSPS) is 17.7. The fourth-order valence-electron chi connectivity index (χ4n) is 3.71. The number of hydrogen-bond donors (Lipinski definition) is 0. The van der Waals surface area contributed by atoms with Crippen LogP contribution < -0.4 is 0 Å². The molecule has 26 heavy (non-hydrogen) atoms. The van der Waals surface area contributed by atoms with Gasteiger partial charge in [0, 0.05) is 37.1 Å². The number of fused-ring (bicyclic) bond motifs is 1. The van der Waals surface area contributed by atoms with E-state index in [1.165, 1.54) is 24.3 Å². The van der Waals surface area contributed by atoms with Crippen LogP contribution in [0.4, 0.5) is 13.2 Å². The van der Waals surface area contributed by atoms with Crippen molar-refractivity contribution in [3.05, 3.63) is 95.1 Å². The molecule has 0 bridgehead atoms. The van der Waals surface area contributed by atoms with Crippen LogP contribution in [-0.4, -0.2) is 16.0 Å². The van der Waals surface area contributed by atoms with Gasteiger partial charge in [-0.2, -0.15) is 0 Å². The summed E-state index contributed by atoms with van der Waals surface area (Å²) in [6, 6.07) is 13.4. The molecule has 1 unspecified atom stereocenters. The molecule has 0 saturated heterocycles. The molecule has 1 atom stereocenters. The van der Waals surface area contributed by atoms with Crippen molar-refractivity contribution in [2.75, 3.05) is 6.54 Å². The van der Waals surface area contributed by atoms with Crippen molar-refractivity contribution in [2.24, 2.45) is 0 Å². The molecular weight excluding hydrogens is 337 g/mol. The Morgan fingerprint density at radius 2 is 1.65 bits per heavy atom. The monoisotopic (exact) mass is 356 g/mol. The summed E-state index contributed by atoms with van der Waals surface area (Å²) >= 11 is 0. The van der Waals surface area contributed by atoms with Crippen molar-refractivity contribution in [3.8, 4) is 0 Å². The third-order valence-electron chi connectivity index (χ3n) is 4.91. The molecule has 0 radical (unpaired) electrons. The van der Waals surface area contributed by atoms with Crippen molar-refractivity contribution in [2.45, 2.75) is 25.6 Å². The smallest absolute Gasteiger partial charge is 0.128 e. The summed E-state index contributed by atoms with van der Waals surface area (Å²) < 4.78 is 43.8. The molecule has 0 spiro atoms. The van der Waals surface area contributed by atoms with Crippen molar-refractivity contribution in [1.82, 2.24) is 9.47 Å². The number of aromatic nitrogens is 1. The maximum absolute atomic E-state index is 14.6. The first-order chi connectivity index (χ1) is 12.6. The Bertz CT molecular complexity index is 902. The van der Waals surface area contributed by atoms with E-state index in [-0.39, 0.29) is 5.82 Å². The predicted octanol–water partition coefficient (Wildman–Crippen LogP) is 4.90. The lowest BCUT2D eigenvalue weighted by molar-refractivity contribution is 0.216. The lowest BCUT2D eigenvalue weighted by Gasteiger charge is -2.31. The zero-order chi connectivity index (χ0) is 18.1. The number of rotatable bonds is 3. The number of aryl methyl sites for hydroxylation is 1. The Hall–Kier alpha value is -2.53. The van der Waals surface area contributed by atoms with Crippen LogP contribution in [0.3, 0.4) is 0 Å². The van der Waals surface area contributed by atoms with Crippen molar-refractivity contribution >= 4 is 0 Å². The molecule has 0 N–H and O–H groups in total. The molecule has 5 heteroatoms. The number of halogens is 3. The summed E-state index contributed by atoms with van der Waals surface area (Å²) in [6.45, 7) is 2.10. The van der Waals surface area contributed by atoms with Crippen LogP contribution in [0, 0.1) is 17.5 Å². The Morgan fingerprint density at radius 1 is 0.885 bits per heavy atom. The molecule has 3 aromatic rings. The Kier molecular flexibility index (Phi) is 4.55. The van der Waals surface area contributed by atoms with E-state index >= 15 is 0 Å². The zero-order valence-corrected chi connectivity index (χ0v) is 14.2. The second-order valence-electron chi connectivity index (χ2n) is 6.65. The standard InChI is InChI=1S/C21H19F3N2/c22-16-6-4-15(5-7-16)14-26-12-2-11-25-10-1-3-20(25)21(26)18-13-17(23)8-9-19(18)24/h1,3-10,13,21H,2,11-12,14H2. The van der Waals surface area contributed by atoms with Gasteiger partial charge in [0.1, 0.15) is 17.5 Å². The van der Waals surface area contributed by atoms with Gasteiger partial charge in [-0.3, -0.25) is 4.90 Å². The predicted molar refractivity (Wildman–Crippen MR) is 94.1 cm³/mol. The van der Waals surface area contributed by atoms with E-state index in [2.05, 4.69) is 9.47 Å². The van der Waals surface area contributed by atoms with Crippen LogP contribution in [0.1, 0.15) is 29.3 Å². The van der Waals surface area contributed by atoms with Gasteiger partial charge < -0.3 is 4.57 Å². The quantitative estimate of drug-likeness (QED) is 0.648. The average molecular weight is 356 g/mol. The minimum Gasteiger partial charge on any atom is -0.350 e. The van der Waals surface area contributed by atoms with Crippen LogP contribution in [0.15, 0.2) is 60.8 Å². The van der Waals surface area contributed by atoms with Crippen molar-refractivity contribution < 1.29 is 13.2 Å². The summed E-state index contributed by atoms with van der Waals surface area (Å²) in [5.74, 6) is -1.16. The molecule has 2 aromatic carbocycles. The van der Waals surface area contributed by atoms with Gasteiger partial charge in [0.05, 0.1) is 6.04 Å². The summed E-state index contributed by atoms with van der Waals surface area (Å²) in [5, 5.41) is 0. The minimum absolute atomic E-state index is 0.286. The molecular formula is C21H19F3N2. The average Bonchev–Trinajstić information content (AvgIpc) is 3.01. The summed E-state index contributed by atoms with van der Waals surface area (Å²) in [6.07, 6.45) is 2.87. The SMILES string of the molecule is Fc1ccc(CN2CCCn3cccc3C2c2cc(F)ccc2F)cc1. The molecule has 1 aliphatic heterocycles. The minimum atomic E-state index is -0.453. The highest BCUT2D eigenvalue weighted by atomic mass is 19.1. The van der Waals surface area contributed by atoms with E-state index < -0.39 is 17.7 Å². The van der Waals surface area contributed by atoms with Gasteiger partial charge in [0.2, 0.25) is 0 Å². The topological polar surface area (TPSA) is 8.17 Å². The first-order valence-corrected chi connectivity index (χ1v) is 8.70. The van der Waals surface area contributed by atoms with Gasteiger partial charge in [-0.25, -0.2) is 13.2 Å². The molecule has 1 aliphatic rings. The number of benzene rings is 2. The van der Waals surface area contributed by atoms with Crippen LogP contribution >= 0.6 is 0 Å². The molecule has 2 heterocycles. The van der Waals surface area contributed by atoms with E-state index in [0.717, 1.165) is 36.8 Å². The third kappa shape index (κ3) is 3.27. The maximum Gasteiger partial charge on any atom is 0.128 e. The third-order valence-corrected chi connectivity index (χ3v) is 4.91. The van der Waals surface area contributed by atoms with Gasteiger partial charge in [0.15, 0.2) is 0 Å². The van der Waals surface area contributed by atoms with E-state index in [1.54, 1.807) is 12.1 Å². The van der Waals surface area contributed by atoms with Crippen LogP contribution in [0.5, 0.6) is 0 Å². The Balaban J connectivity index is 1.77. The highest BCUT2D eigenvalue weighted by Crippen LogP contribution is 2.34. The summed E-state index contributed by atoms with van der Waals surface area (Å²) in [4.78, 5) is 2.13. The Labute approximate surface area is 150 Å². The highest BCUT2D eigenvalue weighted by molar-refractivity contribution is 5.32. The van der Waals surface area contributed by atoms with Crippen molar-refractivity contribution in [3.63, 3.8) is 0 Å². The second kappa shape index (κ2) is 7.00. The molecule has 0 fully saturated rings. The number of nitrogens with zero attached hydrogens (tertiary/aromatic N) is 2. The maximum atomic E-state index is 14.6. The largest absolute Gasteiger partial charge is 0.350 e. The Morgan fingerprint density at radius 3 is 2.46 bits per heavy atom. The number of hydrogen-bond acceptors (Lipinski definition) is 1. The van der Waals surface area contributed by atoms with E-state index in [0.29, 0.717) is 12.1 Å². The zero-order valence-electron chi connectivity index (χ0n) is 14.2. The van der Waals surface area contributed by atoms with Crippen LogP contribution in [0.2, 0.25) is 0 Å². The fourth-order valence-corrected chi connectivity index (χ4v) is 3.71. The lowest BCUT2D eigenvalue weighted by Crippen LogP contribution is -2.30. The molecule has 0 amide bonds. The van der Waals surface area contributed by atoms with E-state index in [4.69, 9.17) is 0 Å². The van der Waals surface area contributed by atoms with Gasteiger partial charge >= 0.3 is 0 Å². The first kappa shape index (κ1) is 16.9. The van der Waals surface area contributed by atoms with Gasteiger partial charge in [0.25, 0.3) is 0 Å². The molecule has 0 aliphatic carbocycles. The van der Waals surface area contributed by atoms with E-state index in [1.807, 2.05) is 18.3 Å². The first-order valence-electron chi connectivity index (χ1n) is 8.70. The van der Waals surface area contributed by atoms with E-state index in [9.17, 15) is 13.2 Å².